The number of halogens is 4. The van der Waals surface area contributed by atoms with Crippen LogP contribution < -0.4 is 15.6 Å². The lowest BCUT2D eigenvalue weighted by atomic mass is 10.3. The van der Waals surface area contributed by atoms with Crippen molar-refractivity contribution in [1.29, 1.82) is 0 Å². The molecule has 0 spiro atoms. The molecule has 0 aliphatic heterocycles. The zero-order valence-electron chi connectivity index (χ0n) is 17.3. The number of benzene rings is 1. The molecule has 0 aliphatic rings. The molecular formula is C16H30F3IO3SSi3. The molecule has 0 bridgehead atoms. The maximum absolute atomic E-state index is 10.7. The van der Waals surface area contributed by atoms with E-state index in [1.54, 1.807) is 15.6 Å². The summed E-state index contributed by atoms with van der Waals surface area (Å²) < 4.78 is 59.1. The van der Waals surface area contributed by atoms with Gasteiger partial charge in [0.25, 0.3) is 0 Å². The molecule has 0 saturated carbocycles. The summed E-state index contributed by atoms with van der Waals surface area (Å²) in [5.74, 6) is 0. The quantitative estimate of drug-likeness (QED) is 0.255. The summed E-state index contributed by atoms with van der Waals surface area (Å²) in [5.41, 5.74) is -5.53. The zero-order chi connectivity index (χ0) is 22.2. The maximum Gasteiger partial charge on any atom is 0.522 e. The monoisotopic (exact) mass is 570 g/mol. The van der Waals surface area contributed by atoms with Crippen molar-refractivity contribution in [2.75, 3.05) is 0 Å². The van der Waals surface area contributed by atoms with Gasteiger partial charge in [-0.05, 0) is 33.8 Å². The van der Waals surface area contributed by atoms with E-state index in [-0.39, 0.29) is 0 Å². The SMILES string of the molecule is C[Si](C)(C)c1cc([Si](C)(C)C)c([Si](C)(C)C)cc1I.O=S(=O)(O)C(F)(F)F. The van der Waals surface area contributed by atoms with E-state index in [1.807, 2.05) is 0 Å². The van der Waals surface area contributed by atoms with Crippen LogP contribution in [0, 0.1) is 3.57 Å². The van der Waals surface area contributed by atoms with Crippen molar-refractivity contribution < 1.29 is 26.1 Å². The summed E-state index contributed by atoms with van der Waals surface area (Å²) in [6.07, 6.45) is 0. The van der Waals surface area contributed by atoms with E-state index in [0.29, 0.717) is 0 Å². The van der Waals surface area contributed by atoms with Gasteiger partial charge < -0.3 is 0 Å². The van der Waals surface area contributed by atoms with E-state index in [1.165, 1.54) is 3.57 Å². The van der Waals surface area contributed by atoms with Gasteiger partial charge in [-0.1, -0.05) is 75.4 Å². The summed E-state index contributed by atoms with van der Waals surface area (Å²) in [6.45, 7) is 22.3. The van der Waals surface area contributed by atoms with Crippen molar-refractivity contribution in [3.05, 3.63) is 15.7 Å². The van der Waals surface area contributed by atoms with Crippen LogP contribution in [0.3, 0.4) is 0 Å². The molecule has 1 N–H and O–H groups in total. The lowest BCUT2D eigenvalue weighted by Gasteiger charge is -2.31. The van der Waals surface area contributed by atoms with Gasteiger partial charge in [-0.2, -0.15) is 21.6 Å². The van der Waals surface area contributed by atoms with Gasteiger partial charge in [0.15, 0.2) is 0 Å². The van der Waals surface area contributed by atoms with Crippen LogP contribution in [0.1, 0.15) is 0 Å². The van der Waals surface area contributed by atoms with E-state index >= 15 is 0 Å². The van der Waals surface area contributed by atoms with Crippen LogP contribution >= 0.6 is 22.6 Å². The second kappa shape index (κ2) is 8.58. The lowest BCUT2D eigenvalue weighted by molar-refractivity contribution is -0.0510. The highest BCUT2D eigenvalue weighted by Gasteiger charge is 2.44. The number of alkyl halides is 3. The smallest absolute Gasteiger partial charge is 0.279 e. The Morgan fingerprint density at radius 3 is 1.26 bits per heavy atom. The van der Waals surface area contributed by atoms with Crippen molar-refractivity contribution in [2.45, 2.75) is 64.4 Å². The molecule has 1 aromatic carbocycles. The Hall–Kier alpha value is 0.301. The van der Waals surface area contributed by atoms with Crippen LogP contribution in [-0.4, -0.2) is 42.7 Å². The summed E-state index contributed by atoms with van der Waals surface area (Å²) in [6, 6.07) is 5.14. The molecule has 0 fully saturated rings. The summed E-state index contributed by atoms with van der Waals surface area (Å²) in [5, 5.41) is 5.09. The first-order valence-electron chi connectivity index (χ1n) is 8.38. The molecule has 0 aromatic heterocycles. The molecule has 1 aromatic rings. The highest BCUT2D eigenvalue weighted by Crippen LogP contribution is 2.20. The molecule has 0 saturated heterocycles. The van der Waals surface area contributed by atoms with E-state index in [2.05, 4.69) is 93.6 Å². The second-order valence-electron chi connectivity index (χ2n) is 9.55. The maximum atomic E-state index is 10.7. The van der Waals surface area contributed by atoms with Gasteiger partial charge in [-0.25, -0.2) is 0 Å². The third-order valence-electron chi connectivity index (χ3n) is 3.82. The predicted molar refractivity (Wildman–Crippen MR) is 126 cm³/mol. The van der Waals surface area contributed by atoms with E-state index in [0.717, 1.165) is 0 Å². The molecule has 11 heteroatoms. The van der Waals surface area contributed by atoms with Crippen LogP contribution in [0.25, 0.3) is 0 Å². The predicted octanol–water partition coefficient (Wildman–Crippen LogP) is 4.32. The zero-order valence-corrected chi connectivity index (χ0v) is 23.3. The molecular weight excluding hydrogens is 540 g/mol. The first-order chi connectivity index (χ1) is 11.5. The third kappa shape index (κ3) is 8.28. The largest absolute Gasteiger partial charge is 0.522 e. The minimum absolute atomic E-state index is 1.24. The van der Waals surface area contributed by atoms with Crippen LogP contribution in [-0.2, 0) is 10.1 Å². The number of hydrogen-bond acceptors (Lipinski definition) is 2. The number of rotatable bonds is 3. The average molecular weight is 571 g/mol. The summed E-state index contributed by atoms with van der Waals surface area (Å²) >= 11 is 2.57. The molecule has 0 atom stereocenters. The lowest BCUT2D eigenvalue weighted by Crippen LogP contribution is -2.59. The molecule has 3 nitrogen and oxygen atoms in total. The minimum Gasteiger partial charge on any atom is -0.279 e. The number of hydrogen-bond donors (Lipinski definition) is 1. The van der Waals surface area contributed by atoms with Gasteiger partial charge in [0.2, 0.25) is 0 Å². The van der Waals surface area contributed by atoms with Gasteiger partial charge in [-0.15, -0.1) is 0 Å². The van der Waals surface area contributed by atoms with Crippen molar-refractivity contribution in [1.82, 2.24) is 0 Å². The Balaban J connectivity index is 0.000000713. The average Bonchev–Trinajstić information content (AvgIpc) is 2.32. The summed E-state index contributed by atoms with van der Waals surface area (Å²) in [7, 11) is -9.60. The molecule has 0 radical (unpaired) electrons. The second-order valence-corrected chi connectivity index (χ2v) is 27.2. The molecule has 0 amide bonds. The first kappa shape index (κ1) is 27.3. The highest BCUT2D eigenvalue weighted by molar-refractivity contribution is 14.1. The van der Waals surface area contributed by atoms with Gasteiger partial charge >= 0.3 is 15.6 Å². The third-order valence-corrected chi connectivity index (χ3v) is 12.1. The fourth-order valence-electron chi connectivity index (χ4n) is 2.39. The van der Waals surface area contributed by atoms with E-state index in [9.17, 15) is 13.2 Å². The fraction of sp³-hybridized carbons (Fsp3) is 0.625. The van der Waals surface area contributed by atoms with Gasteiger partial charge in [0.1, 0.15) is 0 Å². The minimum atomic E-state index is -5.84. The van der Waals surface area contributed by atoms with E-state index < -0.39 is 39.8 Å². The van der Waals surface area contributed by atoms with Crippen LogP contribution in [0.4, 0.5) is 13.2 Å². The van der Waals surface area contributed by atoms with Crippen molar-refractivity contribution in [3.63, 3.8) is 0 Å². The van der Waals surface area contributed by atoms with Crippen molar-refractivity contribution >= 4 is 72.5 Å². The Morgan fingerprint density at radius 2 is 1.04 bits per heavy atom. The van der Waals surface area contributed by atoms with Crippen LogP contribution in [0.15, 0.2) is 12.1 Å². The Labute approximate surface area is 178 Å². The molecule has 1 rings (SSSR count). The molecule has 0 unspecified atom stereocenters. The Kier molecular flexibility index (Phi) is 8.67. The standard InChI is InChI=1S/C15H29ISi3.CHF3O3S/c1-17(2,3)13-11-15(19(7,8)9)14(10-12(13)16)18(4,5)6;2-1(3,4)8(5,6)7/h10-11H,1-9H3;(H,5,6,7). The van der Waals surface area contributed by atoms with Gasteiger partial charge in [-0.3, -0.25) is 4.55 Å². The van der Waals surface area contributed by atoms with Crippen molar-refractivity contribution in [2.24, 2.45) is 0 Å². The first-order valence-corrected chi connectivity index (χ1v) is 21.4. The summed E-state index contributed by atoms with van der Waals surface area (Å²) in [4.78, 5) is 0. The van der Waals surface area contributed by atoms with Gasteiger partial charge in [0, 0.05) is 3.57 Å². The van der Waals surface area contributed by atoms with Gasteiger partial charge in [0.05, 0.1) is 24.2 Å². The van der Waals surface area contributed by atoms with E-state index in [4.69, 9.17) is 13.0 Å². The molecule has 0 heterocycles. The molecule has 0 aliphatic carbocycles. The van der Waals surface area contributed by atoms with Crippen molar-refractivity contribution in [3.8, 4) is 0 Å². The topological polar surface area (TPSA) is 54.4 Å². The highest BCUT2D eigenvalue weighted by atomic mass is 127. The van der Waals surface area contributed by atoms with Crippen LogP contribution in [0.5, 0.6) is 0 Å². The Morgan fingerprint density at radius 1 is 0.778 bits per heavy atom. The molecule has 27 heavy (non-hydrogen) atoms. The normalized spacial score (nSPS) is 13.9. The van der Waals surface area contributed by atoms with Crippen LogP contribution in [0.2, 0.25) is 58.9 Å². The Bertz CT molecular complexity index is 776. The fourth-order valence-corrected chi connectivity index (χ4v) is 12.3. The molecule has 158 valence electrons.